The van der Waals surface area contributed by atoms with Crippen molar-refractivity contribution in [3.63, 3.8) is 0 Å². The van der Waals surface area contributed by atoms with Crippen LogP contribution < -0.4 is 15.4 Å². The van der Waals surface area contributed by atoms with E-state index < -0.39 is 5.97 Å². The van der Waals surface area contributed by atoms with E-state index in [9.17, 15) is 9.59 Å². The predicted octanol–water partition coefficient (Wildman–Crippen LogP) is 3.80. The van der Waals surface area contributed by atoms with Crippen molar-refractivity contribution in [2.45, 2.75) is 19.8 Å². The average molecular weight is 398 g/mol. The first kappa shape index (κ1) is 21.1. The number of rotatable bonds is 7. The molecular weight excluding hydrogens is 376 g/mol. The van der Waals surface area contributed by atoms with E-state index in [4.69, 9.17) is 22.1 Å². The molecule has 0 saturated heterocycles. The molecule has 0 bridgehead atoms. The minimum atomic E-state index is -1.03. The molecule has 0 aliphatic carbocycles. The Morgan fingerprint density at radius 3 is 2.54 bits per heavy atom. The van der Waals surface area contributed by atoms with Crippen molar-refractivity contribution in [2.75, 3.05) is 11.9 Å². The highest BCUT2D eigenvalue weighted by molar-refractivity contribution is 7.80. The lowest BCUT2D eigenvalue weighted by Crippen LogP contribution is -2.37. The summed E-state index contributed by atoms with van der Waals surface area (Å²) >= 11 is 5.13. The number of thiocarbonyl (C=S) groups is 1. The third kappa shape index (κ3) is 7.20. The number of hydrogen-bond donors (Lipinski definition) is 3. The number of amides is 1. The van der Waals surface area contributed by atoms with Crippen molar-refractivity contribution in [2.24, 2.45) is 0 Å². The quantitative estimate of drug-likeness (QED) is 0.486. The number of carboxylic acid groups (broad SMARTS) is 1. The molecule has 0 aromatic heterocycles. The number of nitrogens with one attached hydrogen (secondary N) is 2. The summed E-state index contributed by atoms with van der Waals surface area (Å²) in [6.07, 6.45) is 2.51. The van der Waals surface area contributed by atoms with Crippen molar-refractivity contribution in [3.8, 4) is 5.75 Å². The van der Waals surface area contributed by atoms with Crippen LogP contribution in [0.5, 0.6) is 5.75 Å². The molecule has 3 N–H and O–H groups in total. The Hall–Kier alpha value is -3.19. The van der Waals surface area contributed by atoms with Crippen LogP contribution in [0.1, 0.15) is 30.9 Å². The second-order valence-corrected chi connectivity index (χ2v) is 6.72. The Kier molecular flexibility index (Phi) is 7.71. The van der Waals surface area contributed by atoms with E-state index in [1.54, 1.807) is 24.3 Å². The van der Waals surface area contributed by atoms with E-state index in [1.165, 1.54) is 11.6 Å². The molecule has 28 heavy (non-hydrogen) atoms. The third-order valence-corrected chi connectivity index (χ3v) is 3.94. The van der Waals surface area contributed by atoms with Gasteiger partial charge in [-0.1, -0.05) is 38.1 Å². The summed E-state index contributed by atoms with van der Waals surface area (Å²) in [4.78, 5) is 22.6. The molecule has 0 atom stereocenters. The van der Waals surface area contributed by atoms with Crippen molar-refractivity contribution in [1.82, 2.24) is 5.32 Å². The smallest absolute Gasteiger partial charge is 0.328 e. The Morgan fingerprint density at radius 1 is 1.18 bits per heavy atom. The minimum absolute atomic E-state index is 0.128. The van der Waals surface area contributed by atoms with Crippen LogP contribution in [-0.2, 0) is 9.59 Å². The second-order valence-electron chi connectivity index (χ2n) is 6.31. The van der Waals surface area contributed by atoms with Gasteiger partial charge in [-0.25, -0.2) is 4.79 Å². The highest BCUT2D eigenvalue weighted by Crippen LogP contribution is 2.18. The SMILES string of the molecule is CC(C)c1ccc(OCC(=O)NC(=S)Nc2cccc(/C=C/C(=O)O)c2)cc1. The van der Waals surface area contributed by atoms with Crippen LogP contribution in [0.2, 0.25) is 0 Å². The number of benzene rings is 2. The van der Waals surface area contributed by atoms with Gasteiger partial charge in [-0.15, -0.1) is 0 Å². The molecule has 0 unspecified atom stereocenters. The largest absolute Gasteiger partial charge is 0.484 e. The van der Waals surface area contributed by atoms with Gasteiger partial charge in [0.05, 0.1) is 0 Å². The fourth-order valence-corrected chi connectivity index (χ4v) is 2.54. The first-order valence-corrected chi connectivity index (χ1v) is 9.09. The lowest BCUT2D eigenvalue weighted by atomic mass is 10.0. The molecule has 0 radical (unpaired) electrons. The van der Waals surface area contributed by atoms with E-state index in [-0.39, 0.29) is 17.6 Å². The van der Waals surface area contributed by atoms with Crippen LogP contribution in [0.3, 0.4) is 0 Å². The maximum absolute atomic E-state index is 12.0. The highest BCUT2D eigenvalue weighted by atomic mass is 32.1. The Labute approximate surface area is 169 Å². The molecule has 6 nitrogen and oxygen atoms in total. The molecule has 2 aromatic carbocycles. The molecule has 1 amide bonds. The molecule has 0 spiro atoms. The van der Waals surface area contributed by atoms with E-state index in [0.29, 0.717) is 22.9 Å². The maximum atomic E-state index is 12.0. The zero-order chi connectivity index (χ0) is 20.5. The fourth-order valence-electron chi connectivity index (χ4n) is 2.31. The van der Waals surface area contributed by atoms with E-state index >= 15 is 0 Å². The Morgan fingerprint density at radius 2 is 1.89 bits per heavy atom. The van der Waals surface area contributed by atoms with Crippen LogP contribution in [0.25, 0.3) is 6.08 Å². The van der Waals surface area contributed by atoms with Crippen LogP contribution in [0.15, 0.2) is 54.6 Å². The molecule has 0 aliphatic rings. The molecule has 2 rings (SSSR count). The van der Waals surface area contributed by atoms with Gasteiger partial charge in [0, 0.05) is 11.8 Å². The summed E-state index contributed by atoms with van der Waals surface area (Å²) in [5.74, 6) is -0.373. The van der Waals surface area contributed by atoms with Gasteiger partial charge in [0.2, 0.25) is 0 Å². The van der Waals surface area contributed by atoms with Crippen molar-refractivity contribution >= 4 is 41.0 Å². The second kappa shape index (κ2) is 10.2. The summed E-state index contributed by atoms with van der Waals surface area (Å²) in [7, 11) is 0. The third-order valence-electron chi connectivity index (χ3n) is 3.73. The Balaban J connectivity index is 1.83. The number of carbonyl (C=O) groups is 2. The van der Waals surface area contributed by atoms with Crippen molar-refractivity contribution < 1.29 is 19.4 Å². The van der Waals surface area contributed by atoms with Gasteiger partial charge in [-0.05, 0) is 59.6 Å². The van der Waals surface area contributed by atoms with Crippen LogP contribution in [0.4, 0.5) is 5.69 Å². The lowest BCUT2D eigenvalue weighted by molar-refractivity contribution is -0.131. The van der Waals surface area contributed by atoms with Gasteiger partial charge >= 0.3 is 5.97 Å². The molecule has 2 aromatic rings. The van der Waals surface area contributed by atoms with Gasteiger partial charge in [0.15, 0.2) is 11.7 Å². The molecule has 0 aliphatic heterocycles. The molecule has 0 heterocycles. The van der Waals surface area contributed by atoms with E-state index in [2.05, 4.69) is 24.5 Å². The zero-order valence-electron chi connectivity index (χ0n) is 15.6. The molecule has 7 heteroatoms. The number of aliphatic carboxylic acids is 1. The molecule has 146 valence electrons. The zero-order valence-corrected chi connectivity index (χ0v) is 16.5. The van der Waals surface area contributed by atoms with Gasteiger partial charge in [-0.3, -0.25) is 10.1 Å². The number of anilines is 1. The monoisotopic (exact) mass is 398 g/mol. The number of hydrogen-bond acceptors (Lipinski definition) is 4. The summed E-state index contributed by atoms with van der Waals surface area (Å²) in [6, 6.07) is 14.6. The van der Waals surface area contributed by atoms with Crippen molar-refractivity contribution in [3.05, 3.63) is 65.7 Å². The van der Waals surface area contributed by atoms with E-state index in [0.717, 1.165) is 6.08 Å². The number of ether oxygens (including phenoxy) is 1. The number of carbonyl (C=O) groups excluding carboxylic acids is 1. The van der Waals surface area contributed by atoms with E-state index in [1.807, 2.05) is 24.3 Å². The standard InChI is InChI=1S/C21H22N2O4S/c1-14(2)16-7-9-18(10-8-16)27-13-19(24)23-21(28)22-17-5-3-4-15(12-17)6-11-20(25)26/h3-12,14H,13H2,1-2H3,(H,25,26)(H2,22,23,24,28)/b11-6+. The summed E-state index contributed by atoms with van der Waals surface area (Å²) < 4.78 is 5.46. The predicted molar refractivity (Wildman–Crippen MR) is 114 cm³/mol. The van der Waals surface area contributed by atoms with Gasteiger partial charge in [0.25, 0.3) is 5.91 Å². The summed E-state index contributed by atoms with van der Waals surface area (Å²) in [5, 5.41) is 14.2. The van der Waals surface area contributed by atoms with Crippen LogP contribution in [0, 0.1) is 0 Å². The molecule has 0 saturated carbocycles. The summed E-state index contributed by atoms with van der Waals surface area (Å²) in [6.45, 7) is 4.05. The van der Waals surface area contributed by atoms with Gasteiger partial charge in [-0.2, -0.15) is 0 Å². The molecule has 0 fully saturated rings. The first-order chi connectivity index (χ1) is 13.3. The topological polar surface area (TPSA) is 87.7 Å². The van der Waals surface area contributed by atoms with Crippen LogP contribution >= 0.6 is 12.2 Å². The first-order valence-electron chi connectivity index (χ1n) is 8.68. The highest BCUT2D eigenvalue weighted by Gasteiger charge is 2.07. The fraction of sp³-hybridized carbons (Fsp3) is 0.190. The van der Waals surface area contributed by atoms with Crippen LogP contribution in [-0.4, -0.2) is 28.7 Å². The molecular formula is C21H22N2O4S. The maximum Gasteiger partial charge on any atom is 0.328 e. The summed E-state index contributed by atoms with van der Waals surface area (Å²) in [5.41, 5.74) is 2.51. The average Bonchev–Trinajstić information content (AvgIpc) is 2.65. The Bertz CT molecular complexity index is 876. The van der Waals surface area contributed by atoms with Gasteiger partial charge in [0.1, 0.15) is 5.75 Å². The van der Waals surface area contributed by atoms with Crippen molar-refractivity contribution in [1.29, 1.82) is 0 Å². The normalized spacial score (nSPS) is 10.7. The lowest BCUT2D eigenvalue weighted by Gasteiger charge is -2.11. The number of carboxylic acids is 1. The minimum Gasteiger partial charge on any atom is -0.484 e. The van der Waals surface area contributed by atoms with Gasteiger partial charge < -0.3 is 15.2 Å².